The monoisotopic (exact) mass is 1190 g/mol. The average Bonchev–Trinajstić information content (AvgIpc) is 2.98. The summed E-state index contributed by atoms with van der Waals surface area (Å²) in [5, 5.41) is 120. The standard InChI is InChI=1S/C65H109NO18/c1-3-5-7-9-11-13-15-17-18-19-20-21-22-23-24-25-26-27-28-29-30-31-33-35-37-39-41-43-53(71)66-48(49(70)42-40-38-36-34-32-16-14-12-10-8-6-4-2)47-79-63-59(77)56(74)61(51(45-68)81-63)84-65-60(78)57(75)62(52(46-69)82-65)83-64-58(76)55(73)54(72)50(44-67)80-64/h5,7,11,13,17-18,20-21,23-24,26-27,29-30,40,42,48-52,54-65,67-70,72-78H,3-4,6,8-10,12,14-16,19,22,25,28,31-39,41,43-47H2,1-2H3,(H,66,71)/b7-5-,13-11-,18-17-,21-20-,24-23-,27-26-,30-29-,42-40+. The zero-order valence-corrected chi connectivity index (χ0v) is 50.3. The van der Waals surface area contributed by atoms with E-state index in [0.717, 1.165) is 103 Å². The molecule has 3 saturated heterocycles. The molecule has 17 unspecified atom stereocenters. The molecule has 84 heavy (non-hydrogen) atoms. The minimum Gasteiger partial charge on any atom is -0.394 e. The van der Waals surface area contributed by atoms with Crippen molar-refractivity contribution >= 4 is 5.91 Å². The number of aliphatic hydroxyl groups excluding tert-OH is 11. The number of ether oxygens (including phenoxy) is 6. The molecule has 19 heteroatoms. The van der Waals surface area contributed by atoms with Gasteiger partial charge in [0.25, 0.3) is 0 Å². The van der Waals surface area contributed by atoms with Gasteiger partial charge in [-0.05, 0) is 77.0 Å². The van der Waals surface area contributed by atoms with E-state index in [0.29, 0.717) is 6.42 Å². The normalized spacial score (nSPS) is 29.8. The summed E-state index contributed by atoms with van der Waals surface area (Å²) in [5.41, 5.74) is 0. The number of carbonyl (C=O) groups excluding carboxylic acids is 1. The highest BCUT2D eigenvalue weighted by atomic mass is 16.8. The molecule has 0 aromatic carbocycles. The first kappa shape index (κ1) is 75.0. The van der Waals surface area contributed by atoms with Crippen LogP contribution in [0.15, 0.2) is 97.2 Å². The molecule has 0 aromatic heterocycles. The minimum absolute atomic E-state index is 0.214. The number of carbonyl (C=O) groups is 1. The van der Waals surface area contributed by atoms with E-state index < -0.39 is 124 Å². The van der Waals surface area contributed by atoms with Crippen molar-refractivity contribution in [3.8, 4) is 0 Å². The second kappa shape index (κ2) is 46.8. The van der Waals surface area contributed by atoms with Gasteiger partial charge in [0.15, 0.2) is 18.9 Å². The van der Waals surface area contributed by atoms with Gasteiger partial charge in [-0.2, -0.15) is 0 Å². The van der Waals surface area contributed by atoms with Crippen LogP contribution in [-0.4, -0.2) is 193 Å². The van der Waals surface area contributed by atoms with Crippen LogP contribution in [0.1, 0.15) is 174 Å². The molecule has 3 fully saturated rings. The molecule has 3 rings (SSSR count). The summed E-state index contributed by atoms with van der Waals surface area (Å²) in [5.74, 6) is -0.301. The van der Waals surface area contributed by atoms with Crippen LogP contribution in [0.2, 0.25) is 0 Å². The van der Waals surface area contributed by atoms with E-state index in [-0.39, 0.29) is 18.9 Å². The molecule has 0 aromatic rings. The first-order valence-corrected chi connectivity index (χ1v) is 31.5. The van der Waals surface area contributed by atoms with Gasteiger partial charge < -0.3 is 89.9 Å². The summed E-state index contributed by atoms with van der Waals surface area (Å²) in [4.78, 5) is 13.3. The predicted molar refractivity (Wildman–Crippen MR) is 323 cm³/mol. The Kier molecular flexibility index (Phi) is 41.8. The molecule has 0 spiro atoms. The third-order valence-corrected chi connectivity index (χ3v) is 15.1. The molecule has 0 aliphatic carbocycles. The second-order valence-corrected chi connectivity index (χ2v) is 22.1. The Hall–Kier alpha value is -3.29. The molecular formula is C65H109NO18. The number of unbranched alkanes of at least 4 members (excludes halogenated alkanes) is 15. The molecular weight excluding hydrogens is 1080 g/mol. The van der Waals surface area contributed by atoms with Crippen LogP contribution in [0.25, 0.3) is 0 Å². The van der Waals surface area contributed by atoms with E-state index in [2.05, 4.69) is 104 Å². The van der Waals surface area contributed by atoms with Crippen molar-refractivity contribution in [2.24, 2.45) is 0 Å². The highest BCUT2D eigenvalue weighted by molar-refractivity contribution is 5.76. The topological polar surface area (TPSA) is 307 Å². The van der Waals surface area contributed by atoms with Gasteiger partial charge in [0, 0.05) is 6.42 Å². The summed E-state index contributed by atoms with van der Waals surface area (Å²) < 4.78 is 34.2. The largest absolute Gasteiger partial charge is 0.394 e. The van der Waals surface area contributed by atoms with Crippen LogP contribution in [0.4, 0.5) is 0 Å². The van der Waals surface area contributed by atoms with Crippen molar-refractivity contribution in [2.45, 2.75) is 279 Å². The van der Waals surface area contributed by atoms with Crippen molar-refractivity contribution in [1.29, 1.82) is 0 Å². The maximum absolute atomic E-state index is 13.3. The smallest absolute Gasteiger partial charge is 0.220 e. The first-order chi connectivity index (χ1) is 40.8. The summed E-state index contributed by atoms with van der Waals surface area (Å²) in [6, 6.07) is -0.989. The van der Waals surface area contributed by atoms with E-state index in [1.807, 2.05) is 6.08 Å². The zero-order valence-electron chi connectivity index (χ0n) is 50.3. The Morgan fingerprint density at radius 3 is 1.29 bits per heavy atom. The van der Waals surface area contributed by atoms with Crippen molar-refractivity contribution in [2.75, 3.05) is 26.4 Å². The van der Waals surface area contributed by atoms with Gasteiger partial charge in [-0.25, -0.2) is 0 Å². The quantitative estimate of drug-likeness (QED) is 0.0228. The third-order valence-electron chi connectivity index (χ3n) is 15.1. The Morgan fingerprint density at radius 2 is 0.821 bits per heavy atom. The maximum Gasteiger partial charge on any atom is 0.220 e. The molecule has 3 aliphatic heterocycles. The molecule has 0 radical (unpaired) electrons. The lowest BCUT2D eigenvalue weighted by atomic mass is 9.96. The fraction of sp³-hybridized carbons (Fsp3) is 0.738. The van der Waals surface area contributed by atoms with Crippen LogP contribution in [0, 0.1) is 0 Å². The maximum atomic E-state index is 13.3. The van der Waals surface area contributed by atoms with Gasteiger partial charge in [-0.1, -0.05) is 188 Å². The molecule has 12 N–H and O–H groups in total. The van der Waals surface area contributed by atoms with E-state index in [4.69, 9.17) is 28.4 Å². The fourth-order valence-corrected chi connectivity index (χ4v) is 9.99. The minimum atomic E-state index is -1.98. The highest BCUT2D eigenvalue weighted by Gasteiger charge is 2.53. The van der Waals surface area contributed by atoms with E-state index in [1.54, 1.807) is 6.08 Å². The third kappa shape index (κ3) is 29.6. The molecule has 0 saturated carbocycles. The van der Waals surface area contributed by atoms with Crippen molar-refractivity contribution in [3.05, 3.63) is 97.2 Å². The van der Waals surface area contributed by atoms with Crippen molar-refractivity contribution in [3.63, 3.8) is 0 Å². The number of hydrogen-bond donors (Lipinski definition) is 12. The Labute approximate surface area is 501 Å². The number of rotatable bonds is 45. The van der Waals surface area contributed by atoms with Gasteiger partial charge in [-0.3, -0.25) is 4.79 Å². The number of hydrogen-bond acceptors (Lipinski definition) is 18. The molecule has 0 bridgehead atoms. The Bertz CT molecular complexity index is 1910. The fourth-order valence-electron chi connectivity index (χ4n) is 9.99. The lowest BCUT2D eigenvalue weighted by Gasteiger charge is -2.48. The lowest BCUT2D eigenvalue weighted by Crippen LogP contribution is -2.66. The van der Waals surface area contributed by atoms with Crippen molar-refractivity contribution in [1.82, 2.24) is 5.32 Å². The summed E-state index contributed by atoms with van der Waals surface area (Å²) in [6.45, 7) is 1.55. The summed E-state index contributed by atoms with van der Waals surface area (Å²) >= 11 is 0. The number of aliphatic hydroxyl groups is 11. The zero-order chi connectivity index (χ0) is 61.2. The number of allylic oxidation sites excluding steroid dienone is 15. The Balaban J connectivity index is 1.45. The van der Waals surface area contributed by atoms with Gasteiger partial charge >= 0.3 is 0 Å². The van der Waals surface area contributed by atoms with Crippen LogP contribution < -0.4 is 5.32 Å². The van der Waals surface area contributed by atoms with Crippen LogP contribution in [0.5, 0.6) is 0 Å². The van der Waals surface area contributed by atoms with Gasteiger partial charge in [0.05, 0.1) is 38.6 Å². The molecule has 482 valence electrons. The molecule has 1 amide bonds. The summed E-state index contributed by atoms with van der Waals surface area (Å²) in [7, 11) is 0. The number of nitrogens with one attached hydrogen (secondary N) is 1. The predicted octanol–water partition coefficient (Wildman–Crippen LogP) is 6.54. The van der Waals surface area contributed by atoms with E-state index in [1.165, 1.54) is 44.9 Å². The molecule has 3 aliphatic rings. The molecule has 17 atom stereocenters. The Morgan fingerprint density at radius 1 is 0.440 bits per heavy atom. The first-order valence-electron chi connectivity index (χ1n) is 31.5. The lowest BCUT2D eigenvalue weighted by molar-refractivity contribution is -0.379. The SMILES string of the molecule is CC/C=C\C/C=C\C/C=C\C/C=C\C/C=C\C/C=C\C/C=C\CCCCCCCC(=O)NC(COC1OC(CO)C(OC2OC(CO)C(OC3OC(CO)C(O)C(O)C3O)C(O)C2O)C(O)C1O)C(O)/C=C/CCCCCCCCCCCC. The van der Waals surface area contributed by atoms with Crippen LogP contribution in [0.3, 0.4) is 0 Å². The average molecular weight is 1190 g/mol. The van der Waals surface area contributed by atoms with Gasteiger partial charge in [0.1, 0.15) is 73.2 Å². The van der Waals surface area contributed by atoms with Crippen LogP contribution >= 0.6 is 0 Å². The molecule has 19 nitrogen and oxygen atoms in total. The van der Waals surface area contributed by atoms with Gasteiger partial charge in [0.2, 0.25) is 5.91 Å². The second-order valence-electron chi connectivity index (χ2n) is 22.1. The van der Waals surface area contributed by atoms with E-state index in [9.17, 15) is 61.0 Å². The van der Waals surface area contributed by atoms with E-state index >= 15 is 0 Å². The summed E-state index contributed by atoms with van der Waals surface area (Å²) in [6.07, 6.45) is 32.4. The van der Waals surface area contributed by atoms with Gasteiger partial charge in [-0.15, -0.1) is 0 Å². The highest BCUT2D eigenvalue weighted by Crippen LogP contribution is 2.33. The number of amides is 1. The van der Waals surface area contributed by atoms with Crippen molar-refractivity contribution < 1.29 is 89.4 Å². The van der Waals surface area contributed by atoms with Crippen LogP contribution in [-0.2, 0) is 33.2 Å². The molecule has 3 heterocycles.